The van der Waals surface area contributed by atoms with Gasteiger partial charge in [-0.05, 0) is 58.0 Å². The van der Waals surface area contributed by atoms with Crippen LogP contribution in [0.1, 0.15) is 91.5 Å². The number of halogens is 2. The lowest BCUT2D eigenvalue weighted by molar-refractivity contribution is -0.316. The van der Waals surface area contributed by atoms with Crippen LogP contribution >= 0.6 is 45.2 Å². The molecular formula is C24H38I2N2O4. The molecule has 182 valence electrons. The van der Waals surface area contributed by atoms with Crippen LogP contribution in [0.2, 0.25) is 0 Å². The first-order valence-electron chi connectivity index (χ1n) is 11.8. The Labute approximate surface area is 220 Å². The zero-order valence-corrected chi connectivity index (χ0v) is 24.7. The lowest BCUT2D eigenvalue weighted by Crippen LogP contribution is -2.48. The summed E-state index contributed by atoms with van der Waals surface area (Å²) >= 11 is 4.55. The molecule has 0 bridgehead atoms. The standard InChI is InChI=1S/C24H38I2N2O4/c1-7-9-11-23(29-13-21(3,4)14-30-23)17-19(25)28-18(20(26)27-17)24(12-10-8-2)31-15-22(5,6)16-32-24/h7-16H2,1-6H3. The fourth-order valence-electron chi connectivity index (χ4n) is 3.91. The molecule has 0 radical (unpaired) electrons. The summed E-state index contributed by atoms with van der Waals surface area (Å²) in [6, 6.07) is 0. The average molecular weight is 672 g/mol. The summed E-state index contributed by atoms with van der Waals surface area (Å²) in [7, 11) is 0. The van der Waals surface area contributed by atoms with Gasteiger partial charge >= 0.3 is 0 Å². The monoisotopic (exact) mass is 672 g/mol. The van der Waals surface area contributed by atoms with Crippen LogP contribution in [0, 0.1) is 18.2 Å². The molecule has 2 fully saturated rings. The minimum absolute atomic E-state index is 0.0114. The first-order valence-corrected chi connectivity index (χ1v) is 13.9. The van der Waals surface area contributed by atoms with Gasteiger partial charge < -0.3 is 18.9 Å². The lowest BCUT2D eigenvalue weighted by Gasteiger charge is -2.45. The molecule has 1 aromatic rings. The van der Waals surface area contributed by atoms with E-state index in [1.54, 1.807) is 0 Å². The molecule has 0 aliphatic carbocycles. The maximum atomic E-state index is 6.41. The highest BCUT2D eigenvalue weighted by atomic mass is 127. The van der Waals surface area contributed by atoms with Gasteiger partial charge in [0.2, 0.25) is 11.6 Å². The van der Waals surface area contributed by atoms with Crippen molar-refractivity contribution in [2.24, 2.45) is 10.8 Å². The van der Waals surface area contributed by atoms with Gasteiger partial charge in [-0.1, -0.05) is 54.4 Å². The van der Waals surface area contributed by atoms with E-state index in [-0.39, 0.29) is 10.8 Å². The van der Waals surface area contributed by atoms with E-state index in [4.69, 9.17) is 28.9 Å². The fourth-order valence-corrected chi connectivity index (χ4v) is 5.46. The number of rotatable bonds is 8. The Balaban J connectivity index is 2.00. The Morgan fingerprint density at radius 1 is 0.656 bits per heavy atom. The van der Waals surface area contributed by atoms with Gasteiger partial charge in [-0.3, -0.25) is 0 Å². The van der Waals surface area contributed by atoms with Crippen LogP contribution < -0.4 is 0 Å². The van der Waals surface area contributed by atoms with Crippen molar-refractivity contribution in [1.29, 1.82) is 0 Å². The van der Waals surface area contributed by atoms with Crippen LogP contribution in [-0.2, 0) is 30.5 Å². The van der Waals surface area contributed by atoms with E-state index in [2.05, 4.69) is 86.7 Å². The molecule has 32 heavy (non-hydrogen) atoms. The summed E-state index contributed by atoms with van der Waals surface area (Å²) in [6.45, 7) is 15.6. The molecular weight excluding hydrogens is 634 g/mol. The predicted molar refractivity (Wildman–Crippen MR) is 141 cm³/mol. The van der Waals surface area contributed by atoms with Crippen molar-refractivity contribution in [1.82, 2.24) is 9.97 Å². The second kappa shape index (κ2) is 10.6. The van der Waals surface area contributed by atoms with E-state index in [0.717, 1.165) is 57.3 Å². The molecule has 2 saturated heterocycles. The molecule has 0 spiro atoms. The maximum Gasteiger partial charge on any atom is 0.215 e. The normalized spacial score (nSPS) is 23.8. The molecule has 0 amide bonds. The van der Waals surface area contributed by atoms with Crippen molar-refractivity contribution in [3.63, 3.8) is 0 Å². The van der Waals surface area contributed by atoms with Gasteiger partial charge in [-0.2, -0.15) is 0 Å². The van der Waals surface area contributed by atoms with Crippen LogP contribution in [0.5, 0.6) is 0 Å². The third-order valence-electron chi connectivity index (χ3n) is 6.04. The van der Waals surface area contributed by atoms with Crippen LogP contribution in [0.4, 0.5) is 0 Å². The number of hydrogen-bond donors (Lipinski definition) is 0. The number of unbranched alkanes of at least 4 members (excludes halogenated alkanes) is 2. The van der Waals surface area contributed by atoms with Crippen LogP contribution in [0.3, 0.4) is 0 Å². The van der Waals surface area contributed by atoms with E-state index in [9.17, 15) is 0 Å². The topological polar surface area (TPSA) is 62.7 Å². The van der Waals surface area contributed by atoms with Crippen molar-refractivity contribution in [2.45, 2.75) is 91.6 Å². The summed E-state index contributed by atoms with van der Waals surface area (Å²) in [5.74, 6) is -1.69. The van der Waals surface area contributed by atoms with Gasteiger partial charge in [-0.25, -0.2) is 9.97 Å². The van der Waals surface area contributed by atoms with Crippen LogP contribution in [-0.4, -0.2) is 36.4 Å². The van der Waals surface area contributed by atoms with Gasteiger partial charge in [0.05, 0.1) is 26.4 Å². The van der Waals surface area contributed by atoms with Crippen molar-refractivity contribution >= 4 is 45.2 Å². The van der Waals surface area contributed by atoms with E-state index in [0.29, 0.717) is 26.4 Å². The number of aromatic nitrogens is 2. The van der Waals surface area contributed by atoms with Crippen LogP contribution in [0.15, 0.2) is 0 Å². The predicted octanol–water partition coefficient (Wildman–Crippen LogP) is 6.52. The Morgan fingerprint density at radius 2 is 0.969 bits per heavy atom. The molecule has 1 aromatic heterocycles. The molecule has 2 aliphatic heterocycles. The molecule has 3 rings (SSSR count). The quantitative estimate of drug-likeness (QED) is 0.294. The van der Waals surface area contributed by atoms with Gasteiger partial charge in [0.15, 0.2) is 0 Å². The first-order chi connectivity index (χ1) is 15.0. The van der Waals surface area contributed by atoms with Crippen molar-refractivity contribution in [3.8, 4) is 0 Å². The Bertz CT molecular complexity index is 715. The van der Waals surface area contributed by atoms with Gasteiger partial charge in [0.1, 0.15) is 18.8 Å². The third kappa shape index (κ3) is 5.95. The molecule has 0 N–H and O–H groups in total. The molecule has 3 heterocycles. The largest absolute Gasteiger partial charge is 0.344 e. The summed E-state index contributed by atoms with van der Waals surface area (Å²) in [6.07, 6.45) is 5.66. The highest BCUT2D eigenvalue weighted by molar-refractivity contribution is 14.1. The van der Waals surface area contributed by atoms with Gasteiger partial charge in [-0.15, -0.1) is 0 Å². The van der Waals surface area contributed by atoms with E-state index in [1.165, 1.54) is 0 Å². The van der Waals surface area contributed by atoms with Gasteiger partial charge in [0, 0.05) is 23.7 Å². The SMILES string of the molecule is CCCCC1(c2nc(I)c(C3(CCCC)OCC(C)(C)CO3)nc2I)OCC(C)(C)CO1. The van der Waals surface area contributed by atoms with Crippen molar-refractivity contribution in [3.05, 3.63) is 18.8 Å². The Morgan fingerprint density at radius 3 is 1.25 bits per heavy atom. The second-order valence-electron chi connectivity index (χ2n) is 10.7. The van der Waals surface area contributed by atoms with Gasteiger partial charge in [0.25, 0.3) is 0 Å². The zero-order chi connectivity index (χ0) is 23.6. The minimum Gasteiger partial charge on any atom is -0.344 e. The molecule has 6 nitrogen and oxygen atoms in total. The number of ether oxygens (including phenoxy) is 4. The molecule has 2 aliphatic rings. The smallest absolute Gasteiger partial charge is 0.215 e. The molecule has 0 aromatic carbocycles. The second-order valence-corrected chi connectivity index (χ2v) is 12.7. The van der Waals surface area contributed by atoms with Crippen LogP contribution in [0.25, 0.3) is 0 Å². The maximum absolute atomic E-state index is 6.41. The first kappa shape index (κ1) is 27.0. The molecule has 0 unspecified atom stereocenters. The highest BCUT2D eigenvalue weighted by Crippen LogP contribution is 2.44. The van der Waals surface area contributed by atoms with E-state index in [1.807, 2.05) is 0 Å². The summed E-state index contributed by atoms with van der Waals surface area (Å²) < 4.78 is 27.2. The zero-order valence-electron chi connectivity index (χ0n) is 20.4. The van der Waals surface area contributed by atoms with E-state index < -0.39 is 11.6 Å². The Kier molecular flexibility index (Phi) is 8.90. The summed E-state index contributed by atoms with van der Waals surface area (Å²) in [5, 5.41) is 0. The third-order valence-corrected chi connectivity index (χ3v) is 7.54. The number of hydrogen-bond acceptors (Lipinski definition) is 6. The highest BCUT2D eigenvalue weighted by Gasteiger charge is 2.48. The summed E-state index contributed by atoms with van der Waals surface area (Å²) in [5.41, 5.74) is 1.53. The molecule has 0 atom stereocenters. The van der Waals surface area contributed by atoms with E-state index >= 15 is 0 Å². The molecule has 0 saturated carbocycles. The minimum atomic E-state index is -0.847. The Hall–Kier alpha value is 0.380. The summed E-state index contributed by atoms with van der Waals surface area (Å²) in [4.78, 5) is 10.1. The fraction of sp³-hybridized carbons (Fsp3) is 0.833. The number of nitrogens with zero attached hydrogens (tertiary/aromatic N) is 2. The average Bonchev–Trinajstić information content (AvgIpc) is 2.75. The lowest BCUT2D eigenvalue weighted by atomic mass is 9.92. The molecule has 8 heteroatoms. The van der Waals surface area contributed by atoms with Crippen molar-refractivity contribution in [2.75, 3.05) is 26.4 Å². The van der Waals surface area contributed by atoms with Crippen molar-refractivity contribution < 1.29 is 18.9 Å².